The number of hydrogen-bond donors (Lipinski definition) is 2. The van der Waals surface area contributed by atoms with E-state index < -0.39 is 0 Å². The van der Waals surface area contributed by atoms with Crippen molar-refractivity contribution < 1.29 is 0 Å². The summed E-state index contributed by atoms with van der Waals surface area (Å²) in [7, 11) is 0. The molecule has 1 heterocycles. The number of nitrogens with two attached hydrogens (primary N) is 2. The van der Waals surface area contributed by atoms with Crippen molar-refractivity contribution >= 4 is 0 Å². The Morgan fingerprint density at radius 3 is 2.50 bits per heavy atom. The molecule has 3 nitrogen and oxygen atoms in total. The third-order valence-corrected chi connectivity index (χ3v) is 1.87. The van der Waals surface area contributed by atoms with E-state index in [2.05, 4.69) is 13.8 Å². The zero-order valence-corrected chi connectivity index (χ0v) is 7.49. The lowest BCUT2D eigenvalue weighted by Gasteiger charge is -2.21. The van der Waals surface area contributed by atoms with Crippen molar-refractivity contribution in [3.63, 3.8) is 0 Å². The Morgan fingerprint density at radius 2 is 2.08 bits per heavy atom. The van der Waals surface area contributed by atoms with Gasteiger partial charge in [0.2, 0.25) is 0 Å². The van der Waals surface area contributed by atoms with E-state index in [0.717, 1.165) is 5.70 Å². The monoisotopic (exact) mass is 165 g/mol. The van der Waals surface area contributed by atoms with Gasteiger partial charge in [0.1, 0.15) is 0 Å². The summed E-state index contributed by atoms with van der Waals surface area (Å²) in [6.07, 6.45) is 7.33. The highest BCUT2D eigenvalue weighted by Gasteiger charge is 2.08. The highest BCUT2D eigenvalue weighted by molar-refractivity contribution is 5.33. The standard InChI is InChI=1S/C9H15N3/c1-7(2)8-3-4-9(5-10)12(11)6-8/h3-7H,10-11H2,1-2H3/b9-5-. The zero-order chi connectivity index (χ0) is 9.14. The van der Waals surface area contributed by atoms with Crippen LogP contribution < -0.4 is 11.6 Å². The van der Waals surface area contributed by atoms with Gasteiger partial charge in [0.15, 0.2) is 0 Å². The Bertz CT molecular complexity index is 248. The summed E-state index contributed by atoms with van der Waals surface area (Å²) in [6, 6.07) is 0. The van der Waals surface area contributed by atoms with Gasteiger partial charge in [0, 0.05) is 12.4 Å². The Labute approximate surface area is 73.0 Å². The van der Waals surface area contributed by atoms with Gasteiger partial charge in [-0.25, -0.2) is 5.84 Å². The normalized spacial score (nSPS) is 20.5. The minimum Gasteiger partial charge on any atom is -0.403 e. The topological polar surface area (TPSA) is 55.3 Å². The number of hydrogen-bond acceptors (Lipinski definition) is 3. The second kappa shape index (κ2) is 3.45. The molecule has 12 heavy (non-hydrogen) atoms. The van der Waals surface area contributed by atoms with Gasteiger partial charge in [-0.3, -0.25) is 5.01 Å². The van der Waals surface area contributed by atoms with Crippen LogP contribution in [0, 0.1) is 5.92 Å². The Morgan fingerprint density at radius 1 is 1.42 bits per heavy atom. The molecule has 0 radical (unpaired) electrons. The van der Waals surface area contributed by atoms with Gasteiger partial charge in [-0.15, -0.1) is 0 Å². The molecule has 66 valence electrons. The summed E-state index contributed by atoms with van der Waals surface area (Å²) in [5.41, 5.74) is 7.38. The lowest BCUT2D eigenvalue weighted by molar-refractivity contribution is 0.491. The first kappa shape index (κ1) is 8.87. The molecule has 0 saturated carbocycles. The van der Waals surface area contributed by atoms with Crippen molar-refractivity contribution in [1.29, 1.82) is 0 Å². The second-order valence-electron chi connectivity index (χ2n) is 3.12. The summed E-state index contributed by atoms with van der Waals surface area (Å²) in [6.45, 7) is 4.25. The van der Waals surface area contributed by atoms with E-state index in [-0.39, 0.29) is 0 Å². The van der Waals surface area contributed by atoms with Gasteiger partial charge in [-0.2, -0.15) is 0 Å². The number of hydrazine groups is 1. The first-order chi connectivity index (χ1) is 5.65. The predicted molar refractivity (Wildman–Crippen MR) is 50.4 cm³/mol. The summed E-state index contributed by atoms with van der Waals surface area (Å²) in [5.74, 6) is 6.17. The van der Waals surface area contributed by atoms with Crippen molar-refractivity contribution in [1.82, 2.24) is 5.01 Å². The molecule has 4 N–H and O–H groups in total. The molecule has 1 aliphatic heterocycles. The maximum Gasteiger partial charge on any atom is 0.0722 e. The smallest absolute Gasteiger partial charge is 0.0722 e. The lowest BCUT2D eigenvalue weighted by atomic mass is 10.0. The van der Waals surface area contributed by atoms with E-state index in [4.69, 9.17) is 11.6 Å². The molecule has 0 aromatic heterocycles. The first-order valence-corrected chi connectivity index (χ1v) is 4.00. The largest absolute Gasteiger partial charge is 0.403 e. The first-order valence-electron chi connectivity index (χ1n) is 4.00. The third kappa shape index (κ3) is 1.68. The minimum absolute atomic E-state index is 0.492. The molecule has 0 amide bonds. The lowest BCUT2D eigenvalue weighted by Crippen LogP contribution is -2.27. The summed E-state index contributed by atoms with van der Waals surface area (Å²) >= 11 is 0. The molecule has 0 aliphatic carbocycles. The van der Waals surface area contributed by atoms with Gasteiger partial charge in [0.05, 0.1) is 5.70 Å². The molecular weight excluding hydrogens is 150 g/mol. The number of rotatable bonds is 1. The summed E-state index contributed by atoms with van der Waals surface area (Å²) < 4.78 is 0. The van der Waals surface area contributed by atoms with Gasteiger partial charge >= 0.3 is 0 Å². The van der Waals surface area contributed by atoms with E-state index >= 15 is 0 Å². The van der Waals surface area contributed by atoms with Crippen molar-refractivity contribution in [2.75, 3.05) is 0 Å². The molecule has 0 spiro atoms. The van der Waals surface area contributed by atoms with Crippen LogP contribution in [0.15, 0.2) is 35.8 Å². The van der Waals surface area contributed by atoms with Crippen LogP contribution in [0.25, 0.3) is 0 Å². The molecule has 0 saturated heterocycles. The number of nitrogens with zero attached hydrogens (tertiary/aromatic N) is 1. The molecule has 0 unspecified atom stereocenters. The minimum atomic E-state index is 0.492. The molecule has 1 aliphatic rings. The molecule has 0 bridgehead atoms. The number of allylic oxidation sites excluding steroid dienone is 3. The van der Waals surface area contributed by atoms with Gasteiger partial charge in [-0.1, -0.05) is 19.9 Å². The van der Waals surface area contributed by atoms with Crippen molar-refractivity contribution in [3.8, 4) is 0 Å². The highest BCUT2D eigenvalue weighted by atomic mass is 15.4. The fraction of sp³-hybridized carbons (Fsp3) is 0.333. The zero-order valence-electron chi connectivity index (χ0n) is 7.49. The Balaban J connectivity index is 2.83. The van der Waals surface area contributed by atoms with Crippen LogP contribution >= 0.6 is 0 Å². The van der Waals surface area contributed by atoms with Crippen LogP contribution in [0.1, 0.15) is 13.8 Å². The quantitative estimate of drug-likeness (QED) is 0.571. The summed E-state index contributed by atoms with van der Waals surface area (Å²) in [5, 5.41) is 1.54. The van der Waals surface area contributed by atoms with Gasteiger partial charge in [-0.05, 0) is 17.6 Å². The van der Waals surface area contributed by atoms with Crippen LogP contribution in [-0.4, -0.2) is 5.01 Å². The average Bonchev–Trinajstić information content (AvgIpc) is 2.04. The SMILES string of the molecule is CC(C)C1=CN(N)/C(=C\N)C=C1. The fourth-order valence-electron chi connectivity index (χ4n) is 1.03. The molecule has 0 aromatic rings. The molecular formula is C9H15N3. The maximum atomic E-state index is 5.68. The van der Waals surface area contributed by atoms with E-state index in [1.165, 1.54) is 16.8 Å². The Hall–Kier alpha value is -1.22. The fourth-order valence-corrected chi connectivity index (χ4v) is 1.03. The van der Waals surface area contributed by atoms with Crippen molar-refractivity contribution in [3.05, 3.63) is 35.8 Å². The highest BCUT2D eigenvalue weighted by Crippen LogP contribution is 2.18. The van der Waals surface area contributed by atoms with E-state index in [0.29, 0.717) is 5.92 Å². The van der Waals surface area contributed by atoms with Crippen LogP contribution in [0.4, 0.5) is 0 Å². The molecule has 0 atom stereocenters. The molecule has 0 aromatic carbocycles. The van der Waals surface area contributed by atoms with E-state index in [1.54, 1.807) is 0 Å². The Kier molecular flexibility index (Phi) is 2.55. The van der Waals surface area contributed by atoms with Crippen LogP contribution in [0.2, 0.25) is 0 Å². The summed E-state index contributed by atoms with van der Waals surface area (Å²) in [4.78, 5) is 0. The predicted octanol–water partition coefficient (Wildman–Crippen LogP) is 1.07. The molecule has 1 rings (SSSR count). The maximum absolute atomic E-state index is 5.68. The molecule has 0 fully saturated rings. The van der Waals surface area contributed by atoms with E-state index in [9.17, 15) is 0 Å². The third-order valence-electron chi connectivity index (χ3n) is 1.87. The van der Waals surface area contributed by atoms with Crippen LogP contribution in [0.5, 0.6) is 0 Å². The molecule has 3 heteroatoms. The van der Waals surface area contributed by atoms with E-state index in [1.807, 2.05) is 18.4 Å². The average molecular weight is 165 g/mol. The van der Waals surface area contributed by atoms with Crippen molar-refractivity contribution in [2.45, 2.75) is 13.8 Å². The van der Waals surface area contributed by atoms with Gasteiger partial charge < -0.3 is 5.73 Å². The van der Waals surface area contributed by atoms with Gasteiger partial charge in [0.25, 0.3) is 0 Å². The van der Waals surface area contributed by atoms with Crippen molar-refractivity contribution in [2.24, 2.45) is 17.5 Å². The van der Waals surface area contributed by atoms with Crippen LogP contribution in [-0.2, 0) is 0 Å². The second-order valence-corrected chi connectivity index (χ2v) is 3.12. The van der Waals surface area contributed by atoms with Crippen LogP contribution in [0.3, 0.4) is 0 Å².